The van der Waals surface area contributed by atoms with Gasteiger partial charge in [-0.3, -0.25) is 4.79 Å². The summed E-state index contributed by atoms with van der Waals surface area (Å²) in [5.41, 5.74) is 0. The summed E-state index contributed by atoms with van der Waals surface area (Å²) in [6.07, 6.45) is -8.60. The molecule has 0 spiro atoms. The second-order valence-electron chi connectivity index (χ2n) is 19.3. The van der Waals surface area contributed by atoms with E-state index in [2.05, 4.69) is 0 Å². The fourth-order valence-corrected chi connectivity index (χ4v) is 8.57. The van der Waals surface area contributed by atoms with Crippen LogP contribution in [0.5, 0.6) is 0 Å². The van der Waals surface area contributed by atoms with Crippen molar-refractivity contribution < 1.29 is 99.2 Å². The zero-order valence-electron chi connectivity index (χ0n) is 40.1. The Hall–Kier alpha value is -1.25. The molecular weight excluding hydrogens is 884 g/mol. The maximum absolute atomic E-state index is 12.2. The van der Waals surface area contributed by atoms with Gasteiger partial charge in [0.25, 0.3) is 0 Å². The molecule has 17 atom stereocenters. The predicted molar refractivity (Wildman–Crippen MR) is 239 cm³/mol. The zero-order chi connectivity index (χ0) is 49.5. The number of ether oxygens (including phenoxy) is 7. The van der Waals surface area contributed by atoms with Crippen molar-refractivity contribution in [2.75, 3.05) is 19.8 Å². The van der Waals surface area contributed by atoms with E-state index < -0.39 is 130 Å². The lowest BCUT2D eigenvalue weighted by Crippen LogP contribution is -2.64. The van der Waals surface area contributed by atoms with Gasteiger partial charge in [-0.15, -0.1) is 0 Å². The maximum Gasteiger partial charge on any atom is 0.306 e. The van der Waals surface area contributed by atoms with E-state index in [0.29, 0.717) is 38.5 Å². The average molecular weight is 973 g/mol. The summed E-state index contributed by atoms with van der Waals surface area (Å²) in [4.78, 5) is 12.2. The van der Waals surface area contributed by atoms with Gasteiger partial charge in [0, 0.05) is 6.42 Å². The second-order valence-corrected chi connectivity index (χ2v) is 19.3. The van der Waals surface area contributed by atoms with Crippen LogP contribution in [-0.4, -0.2) is 198 Å². The molecule has 396 valence electrons. The lowest BCUT2D eigenvalue weighted by Gasteiger charge is -2.46. The van der Waals surface area contributed by atoms with Gasteiger partial charge >= 0.3 is 5.97 Å². The normalized spacial score (nSPS) is 32.3. The number of rotatable bonds is 34. The number of carbonyl (C=O) groups excluding carboxylic acids is 1. The molecule has 20 nitrogen and oxygen atoms in total. The van der Waals surface area contributed by atoms with Gasteiger partial charge in [0.05, 0.1) is 31.5 Å². The van der Waals surface area contributed by atoms with Crippen LogP contribution in [0.4, 0.5) is 0 Å². The number of hydrogen-bond acceptors (Lipinski definition) is 20. The van der Waals surface area contributed by atoms with E-state index in [-0.39, 0.29) is 18.9 Å². The Kier molecular flexibility index (Phi) is 29.3. The Morgan fingerprint density at radius 2 is 1.00 bits per heavy atom. The fourth-order valence-electron chi connectivity index (χ4n) is 8.57. The van der Waals surface area contributed by atoms with Crippen LogP contribution in [0.15, 0.2) is 0 Å². The van der Waals surface area contributed by atoms with Crippen molar-refractivity contribution in [3.05, 3.63) is 0 Å². The standard InChI is InChI=1S/C47H88O20/c1-4-5-19-29(20-18-23-31(49)30(48)21-16-14-12-10-8-6-7-9-11-13-15-17-22-32(50)44(59)60)64-46-42(37(54)33(51)25-62-46)67-47-43(38(55)34(52)26-63-47)66-45-41(58)40(57)39(56)35(65-45)27-61-36(53)24-28(2)3/h28-35,37-52,54-60H,4-27H2,1-3H3. The van der Waals surface area contributed by atoms with Crippen LogP contribution in [0.2, 0.25) is 0 Å². The first-order valence-electron chi connectivity index (χ1n) is 25.1. The number of aliphatic hydroxyl groups is 12. The van der Waals surface area contributed by atoms with Crippen molar-refractivity contribution in [3.8, 4) is 0 Å². The van der Waals surface area contributed by atoms with Crippen LogP contribution in [0.1, 0.15) is 156 Å². The van der Waals surface area contributed by atoms with Crippen LogP contribution in [0.25, 0.3) is 0 Å². The van der Waals surface area contributed by atoms with E-state index in [1.807, 2.05) is 20.8 Å². The Labute approximate surface area is 396 Å². The summed E-state index contributed by atoms with van der Waals surface area (Å²) >= 11 is 0. The molecule has 12 N–H and O–H groups in total. The Balaban J connectivity index is 1.48. The molecule has 0 aliphatic carbocycles. The number of carbonyl (C=O) groups is 1. The molecule has 3 saturated heterocycles. The largest absolute Gasteiger partial charge is 0.463 e. The van der Waals surface area contributed by atoms with Crippen molar-refractivity contribution in [2.24, 2.45) is 5.92 Å². The fraction of sp³-hybridized carbons (Fsp3) is 0.979. The first-order valence-corrected chi connectivity index (χ1v) is 25.1. The van der Waals surface area contributed by atoms with Crippen molar-refractivity contribution in [2.45, 2.75) is 266 Å². The number of hydrogen-bond donors (Lipinski definition) is 12. The lowest BCUT2D eigenvalue weighted by molar-refractivity contribution is -0.380. The second kappa shape index (κ2) is 32.7. The van der Waals surface area contributed by atoms with E-state index >= 15 is 0 Å². The molecular formula is C47H88O20. The van der Waals surface area contributed by atoms with Gasteiger partial charge in [-0.2, -0.15) is 0 Å². The molecule has 0 saturated carbocycles. The van der Waals surface area contributed by atoms with E-state index in [4.69, 9.17) is 43.4 Å². The smallest absolute Gasteiger partial charge is 0.306 e. The third-order valence-corrected chi connectivity index (χ3v) is 12.9. The van der Waals surface area contributed by atoms with Gasteiger partial charge in [-0.1, -0.05) is 111 Å². The Morgan fingerprint density at radius 3 is 1.52 bits per heavy atom. The summed E-state index contributed by atoms with van der Waals surface area (Å²) in [6.45, 7) is 4.41. The van der Waals surface area contributed by atoms with Crippen LogP contribution in [0.3, 0.4) is 0 Å². The van der Waals surface area contributed by atoms with Crippen LogP contribution in [-0.2, 0) is 38.0 Å². The molecule has 0 radical (unpaired) electrons. The summed E-state index contributed by atoms with van der Waals surface area (Å²) in [5, 5.41) is 124. The molecule has 0 aromatic heterocycles. The SMILES string of the molecule is CCCCC(CCCC(O)C(O)CCCCCCCCCCCCCCC(O)C(O)O)OC1OCC(O)C(O)C1OC1OCC(O)C(O)C1OC1OC(COC(=O)CC(C)C)C(O)C(O)C1O. The van der Waals surface area contributed by atoms with E-state index in [1.54, 1.807) is 0 Å². The highest BCUT2D eigenvalue weighted by molar-refractivity contribution is 5.69. The van der Waals surface area contributed by atoms with E-state index in [9.17, 15) is 55.9 Å². The summed E-state index contributed by atoms with van der Waals surface area (Å²) < 4.78 is 40.8. The third kappa shape index (κ3) is 21.6. The average Bonchev–Trinajstić information content (AvgIpc) is 3.29. The van der Waals surface area contributed by atoms with Crippen molar-refractivity contribution in [3.63, 3.8) is 0 Å². The molecule has 17 unspecified atom stereocenters. The van der Waals surface area contributed by atoms with E-state index in [0.717, 1.165) is 77.0 Å². The Bertz CT molecular complexity index is 1280. The molecule has 0 amide bonds. The van der Waals surface area contributed by atoms with Gasteiger partial charge in [0.2, 0.25) is 0 Å². The summed E-state index contributed by atoms with van der Waals surface area (Å²) in [7, 11) is 0. The first-order chi connectivity index (χ1) is 31.9. The predicted octanol–water partition coefficient (Wildman–Crippen LogP) is 0.910. The van der Waals surface area contributed by atoms with E-state index in [1.165, 1.54) is 12.8 Å². The van der Waals surface area contributed by atoms with Gasteiger partial charge in [0.15, 0.2) is 25.2 Å². The number of esters is 1. The molecule has 20 heteroatoms. The molecule has 0 aromatic rings. The summed E-state index contributed by atoms with van der Waals surface area (Å²) in [5.74, 6) is -0.588. The van der Waals surface area contributed by atoms with Crippen molar-refractivity contribution in [1.29, 1.82) is 0 Å². The molecule has 0 bridgehead atoms. The minimum absolute atomic E-state index is 0.0110. The highest BCUT2D eigenvalue weighted by atomic mass is 16.8. The van der Waals surface area contributed by atoms with Crippen LogP contribution >= 0.6 is 0 Å². The van der Waals surface area contributed by atoms with Gasteiger partial charge < -0.3 is 94.4 Å². The molecule has 3 rings (SSSR count). The first kappa shape index (κ1) is 60.1. The monoisotopic (exact) mass is 973 g/mol. The molecule has 3 heterocycles. The highest BCUT2D eigenvalue weighted by Crippen LogP contribution is 2.32. The maximum atomic E-state index is 12.2. The topological polar surface area (TPSA) is 324 Å². The molecule has 3 aliphatic rings. The minimum Gasteiger partial charge on any atom is -0.463 e. The van der Waals surface area contributed by atoms with Crippen molar-refractivity contribution >= 4 is 5.97 Å². The van der Waals surface area contributed by atoms with Gasteiger partial charge in [0.1, 0.15) is 73.8 Å². The molecule has 0 aromatic carbocycles. The quantitative estimate of drug-likeness (QED) is 0.0242. The number of unbranched alkanes of at least 4 members (excludes halogenated alkanes) is 12. The third-order valence-electron chi connectivity index (χ3n) is 12.9. The minimum atomic E-state index is -1.88. The van der Waals surface area contributed by atoms with Crippen LogP contribution in [0, 0.1) is 5.92 Å². The van der Waals surface area contributed by atoms with Gasteiger partial charge in [-0.05, 0) is 44.4 Å². The number of aliphatic hydroxyl groups excluding tert-OH is 11. The molecule has 3 fully saturated rings. The lowest BCUT2D eigenvalue weighted by atomic mass is 9.98. The zero-order valence-corrected chi connectivity index (χ0v) is 40.1. The Morgan fingerprint density at radius 1 is 0.537 bits per heavy atom. The highest BCUT2D eigenvalue weighted by Gasteiger charge is 2.51. The molecule has 3 aliphatic heterocycles. The molecule has 67 heavy (non-hydrogen) atoms. The van der Waals surface area contributed by atoms with Crippen molar-refractivity contribution in [1.82, 2.24) is 0 Å². The van der Waals surface area contributed by atoms with Crippen LogP contribution < -0.4 is 0 Å². The summed E-state index contributed by atoms with van der Waals surface area (Å²) in [6, 6.07) is 0. The van der Waals surface area contributed by atoms with Gasteiger partial charge in [-0.25, -0.2) is 0 Å².